The Bertz CT molecular complexity index is 408. The summed E-state index contributed by atoms with van der Waals surface area (Å²) in [6, 6.07) is 0. The lowest BCUT2D eigenvalue weighted by molar-refractivity contribution is -0.241. The SMILES string of the molecule is C=C(COO)N(CCN(CCC(=O)O)CC(=O)O)C(=C)COO. The number of carboxylic acids is 2. The maximum Gasteiger partial charge on any atom is 0.317 e. The summed E-state index contributed by atoms with van der Waals surface area (Å²) < 4.78 is 0. The van der Waals surface area contributed by atoms with Gasteiger partial charge < -0.3 is 15.1 Å². The van der Waals surface area contributed by atoms with Crippen molar-refractivity contribution in [2.45, 2.75) is 6.42 Å². The Hall–Kier alpha value is -1.98. The average Bonchev–Trinajstić information content (AvgIpc) is 2.44. The normalized spacial score (nSPS) is 10.6. The minimum atomic E-state index is -1.09. The van der Waals surface area contributed by atoms with Crippen molar-refractivity contribution >= 4 is 11.9 Å². The van der Waals surface area contributed by atoms with Gasteiger partial charge >= 0.3 is 11.9 Å². The monoisotopic (exact) mass is 334 g/mol. The van der Waals surface area contributed by atoms with Gasteiger partial charge in [0.2, 0.25) is 0 Å². The molecule has 0 radical (unpaired) electrons. The van der Waals surface area contributed by atoms with Gasteiger partial charge in [0.25, 0.3) is 0 Å². The highest BCUT2D eigenvalue weighted by Crippen LogP contribution is 2.11. The Morgan fingerprint density at radius 3 is 1.78 bits per heavy atom. The molecule has 0 fully saturated rings. The number of rotatable bonds is 14. The van der Waals surface area contributed by atoms with Crippen molar-refractivity contribution in [3.8, 4) is 0 Å². The van der Waals surface area contributed by atoms with Crippen LogP contribution in [0.4, 0.5) is 0 Å². The van der Waals surface area contributed by atoms with E-state index in [2.05, 4.69) is 22.9 Å². The van der Waals surface area contributed by atoms with Crippen molar-refractivity contribution in [1.29, 1.82) is 0 Å². The second kappa shape index (κ2) is 11.6. The summed E-state index contributed by atoms with van der Waals surface area (Å²) >= 11 is 0. The first-order valence-corrected chi connectivity index (χ1v) is 6.63. The molecule has 0 spiro atoms. The molecule has 0 rings (SSSR count). The van der Waals surface area contributed by atoms with Gasteiger partial charge in [0, 0.05) is 31.0 Å². The molecule has 0 atom stereocenters. The fourth-order valence-electron chi connectivity index (χ4n) is 1.80. The Kier molecular flexibility index (Phi) is 10.6. The zero-order valence-corrected chi connectivity index (χ0v) is 12.7. The molecule has 0 saturated heterocycles. The van der Waals surface area contributed by atoms with Gasteiger partial charge in [-0.3, -0.25) is 25.0 Å². The summed E-state index contributed by atoms with van der Waals surface area (Å²) in [5, 5.41) is 34.5. The van der Waals surface area contributed by atoms with E-state index in [4.69, 9.17) is 20.7 Å². The lowest BCUT2D eigenvalue weighted by Crippen LogP contribution is -2.39. The molecule has 0 aromatic heterocycles. The minimum Gasteiger partial charge on any atom is -0.481 e. The average molecular weight is 334 g/mol. The Morgan fingerprint density at radius 1 is 0.870 bits per heavy atom. The standard InChI is InChI=1S/C13H22N2O8/c1-10(8-22-20)15(11(2)9-23-21)6-5-14(7-13(18)19)4-3-12(16)17/h20-21H,1-9H2,(H,16,17)(H,18,19). The molecule has 0 amide bonds. The molecule has 4 N–H and O–H groups in total. The van der Waals surface area contributed by atoms with Gasteiger partial charge in [-0.05, 0) is 0 Å². The molecule has 0 aromatic rings. The number of hydrogen-bond acceptors (Lipinski definition) is 8. The summed E-state index contributed by atoms with van der Waals surface area (Å²) in [6.45, 7) is 7.01. The van der Waals surface area contributed by atoms with Gasteiger partial charge in [-0.2, -0.15) is 0 Å². The molecule has 0 unspecified atom stereocenters. The number of hydrogen-bond donors (Lipinski definition) is 4. The molecule has 0 saturated carbocycles. The van der Waals surface area contributed by atoms with Crippen LogP contribution in [-0.4, -0.2) is 81.9 Å². The minimum absolute atomic E-state index is 0.0570. The highest BCUT2D eigenvalue weighted by Gasteiger charge is 2.16. The van der Waals surface area contributed by atoms with Crippen molar-refractivity contribution in [2.75, 3.05) is 39.4 Å². The molecule has 10 heteroatoms. The van der Waals surface area contributed by atoms with E-state index in [0.717, 1.165) is 0 Å². The van der Waals surface area contributed by atoms with E-state index in [-0.39, 0.29) is 45.8 Å². The molecule has 0 heterocycles. The summed E-state index contributed by atoms with van der Waals surface area (Å²) in [6.07, 6.45) is -0.200. The van der Waals surface area contributed by atoms with E-state index in [1.807, 2.05) is 0 Å². The molecule has 0 aliphatic heterocycles. The third-order valence-corrected chi connectivity index (χ3v) is 2.87. The zero-order chi connectivity index (χ0) is 17.8. The Labute approximate surface area is 133 Å². The summed E-state index contributed by atoms with van der Waals surface area (Å²) in [5.74, 6) is -2.12. The fourth-order valence-corrected chi connectivity index (χ4v) is 1.80. The molecule has 0 aliphatic carbocycles. The van der Waals surface area contributed by atoms with E-state index in [0.29, 0.717) is 11.4 Å². The fraction of sp³-hybridized carbons (Fsp3) is 0.538. The third-order valence-electron chi connectivity index (χ3n) is 2.87. The van der Waals surface area contributed by atoms with Crippen LogP contribution in [0, 0.1) is 0 Å². The molecule has 132 valence electrons. The largest absolute Gasteiger partial charge is 0.481 e. The molecule has 0 aromatic carbocycles. The highest BCUT2D eigenvalue weighted by atomic mass is 17.1. The first-order chi connectivity index (χ1) is 10.8. The smallest absolute Gasteiger partial charge is 0.317 e. The van der Waals surface area contributed by atoms with Crippen LogP contribution in [0.25, 0.3) is 0 Å². The van der Waals surface area contributed by atoms with Crippen LogP contribution in [0.3, 0.4) is 0 Å². The lowest BCUT2D eigenvalue weighted by atomic mass is 10.3. The van der Waals surface area contributed by atoms with Crippen molar-refractivity contribution in [1.82, 2.24) is 9.80 Å². The number of carbonyl (C=O) groups is 2. The second-order valence-electron chi connectivity index (χ2n) is 4.64. The van der Waals surface area contributed by atoms with E-state index in [1.165, 1.54) is 9.80 Å². The van der Waals surface area contributed by atoms with Crippen LogP contribution >= 0.6 is 0 Å². The number of aliphatic carboxylic acids is 2. The quantitative estimate of drug-likeness (QED) is 0.256. The number of nitrogens with zero attached hydrogens (tertiary/aromatic N) is 2. The molecule has 0 aliphatic rings. The molecule has 23 heavy (non-hydrogen) atoms. The molecular weight excluding hydrogens is 312 g/mol. The van der Waals surface area contributed by atoms with Gasteiger partial charge in [-0.1, -0.05) is 13.2 Å². The third kappa shape index (κ3) is 9.60. The Morgan fingerprint density at radius 2 is 1.39 bits per heavy atom. The van der Waals surface area contributed by atoms with Crippen molar-refractivity contribution < 1.29 is 40.1 Å². The topological polar surface area (TPSA) is 140 Å². The summed E-state index contributed by atoms with van der Waals surface area (Å²) in [4.78, 5) is 32.3. The first-order valence-electron chi connectivity index (χ1n) is 6.63. The van der Waals surface area contributed by atoms with Crippen LogP contribution < -0.4 is 0 Å². The summed E-state index contributed by atoms with van der Waals surface area (Å²) in [7, 11) is 0. The van der Waals surface area contributed by atoms with Crippen molar-refractivity contribution in [2.24, 2.45) is 0 Å². The van der Waals surface area contributed by atoms with Gasteiger partial charge in [0.15, 0.2) is 0 Å². The van der Waals surface area contributed by atoms with Crippen molar-refractivity contribution in [3.63, 3.8) is 0 Å². The van der Waals surface area contributed by atoms with Gasteiger partial charge in [-0.15, -0.1) is 0 Å². The van der Waals surface area contributed by atoms with Crippen LogP contribution in [0.1, 0.15) is 6.42 Å². The predicted octanol–water partition coefficient (Wildman–Crippen LogP) is 0.156. The van der Waals surface area contributed by atoms with E-state index >= 15 is 0 Å². The van der Waals surface area contributed by atoms with Crippen LogP contribution in [0.2, 0.25) is 0 Å². The first kappa shape index (κ1) is 21.0. The zero-order valence-electron chi connectivity index (χ0n) is 12.7. The van der Waals surface area contributed by atoms with Crippen molar-refractivity contribution in [3.05, 3.63) is 24.6 Å². The maximum absolute atomic E-state index is 10.8. The van der Waals surface area contributed by atoms with Crippen LogP contribution in [0.15, 0.2) is 24.6 Å². The van der Waals surface area contributed by atoms with E-state index < -0.39 is 11.9 Å². The molecular formula is C13H22N2O8. The molecule has 10 nitrogen and oxygen atoms in total. The van der Waals surface area contributed by atoms with Crippen LogP contribution in [-0.2, 0) is 19.4 Å². The molecule has 0 bridgehead atoms. The summed E-state index contributed by atoms with van der Waals surface area (Å²) in [5.41, 5.74) is 0.617. The van der Waals surface area contributed by atoms with Gasteiger partial charge in [0.05, 0.1) is 13.0 Å². The van der Waals surface area contributed by atoms with Gasteiger partial charge in [-0.25, -0.2) is 9.78 Å². The lowest BCUT2D eigenvalue weighted by Gasteiger charge is -2.30. The number of carboxylic acid groups (broad SMARTS) is 2. The highest BCUT2D eigenvalue weighted by molar-refractivity contribution is 5.69. The van der Waals surface area contributed by atoms with E-state index in [1.54, 1.807) is 0 Å². The second-order valence-corrected chi connectivity index (χ2v) is 4.64. The van der Waals surface area contributed by atoms with E-state index in [9.17, 15) is 9.59 Å². The predicted molar refractivity (Wildman–Crippen MR) is 78.5 cm³/mol. The Balaban J connectivity index is 4.78. The van der Waals surface area contributed by atoms with Gasteiger partial charge in [0.1, 0.15) is 13.2 Å². The maximum atomic E-state index is 10.8. The van der Waals surface area contributed by atoms with Crippen LogP contribution in [0.5, 0.6) is 0 Å².